The topological polar surface area (TPSA) is 21.3 Å². The summed E-state index contributed by atoms with van der Waals surface area (Å²) in [6.07, 6.45) is 1.01. The molecule has 1 aromatic carbocycles. The van der Waals surface area contributed by atoms with E-state index in [2.05, 4.69) is 35.1 Å². The SMILES string of the molecule is CC(C)NCC1CCOC1c1cc(F)ccc1Br. The molecular formula is C14H19BrFNO. The molecule has 1 heterocycles. The number of hydrogen-bond acceptors (Lipinski definition) is 2. The lowest BCUT2D eigenvalue weighted by molar-refractivity contribution is 0.0892. The van der Waals surface area contributed by atoms with Crippen LogP contribution >= 0.6 is 15.9 Å². The van der Waals surface area contributed by atoms with Crippen LogP contribution in [0.15, 0.2) is 22.7 Å². The van der Waals surface area contributed by atoms with Crippen molar-refractivity contribution in [3.63, 3.8) is 0 Å². The van der Waals surface area contributed by atoms with Gasteiger partial charge in [-0.2, -0.15) is 0 Å². The van der Waals surface area contributed by atoms with Gasteiger partial charge in [0.05, 0.1) is 6.10 Å². The minimum absolute atomic E-state index is 0.0127. The van der Waals surface area contributed by atoms with Crippen molar-refractivity contribution in [1.82, 2.24) is 5.32 Å². The molecule has 1 N–H and O–H groups in total. The van der Waals surface area contributed by atoms with E-state index in [1.807, 2.05) is 0 Å². The van der Waals surface area contributed by atoms with E-state index in [9.17, 15) is 4.39 Å². The molecule has 2 nitrogen and oxygen atoms in total. The monoisotopic (exact) mass is 315 g/mol. The van der Waals surface area contributed by atoms with Crippen molar-refractivity contribution >= 4 is 15.9 Å². The van der Waals surface area contributed by atoms with Crippen LogP contribution in [0.2, 0.25) is 0 Å². The summed E-state index contributed by atoms with van der Waals surface area (Å²) in [5.41, 5.74) is 0.919. The van der Waals surface area contributed by atoms with Gasteiger partial charge in [0.1, 0.15) is 5.82 Å². The number of rotatable bonds is 4. The van der Waals surface area contributed by atoms with Gasteiger partial charge in [-0.25, -0.2) is 4.39 Å². The zero-order valence-corrected chi connectivity index (χ0v) is 12.3. The lowest BCUT2D eigenvalue weighted by Gasteiger charge is -2.21. The molecule has 0 amide bonds. The summed E-state index contributed by atoms with van der Waals surface area (Å²) >= 11 is 3.48. The standard InChI is InChI=1S/C14H19BrFNO/c1-9(2)17-8-10-5-6-18-14(10)12-7-11(16)3-4-13(12)15/h3-4,7,9-10,14,17H,5-6,8H2,1-2H3. The van der Waals surface area contributed by atoms with Gasteiger partial charge < -0.3 is 10.1 Å². The number of nitrogens with one attached hydrogen (secondary N) is 1. The first-order chi connectivity index (χ1) is 8.58. The normalized spacial score (nSPS) is 23.8. The van der Waals surface area contributed by atoms with E-state index in [4.69, 9.17) is 4.74 Å². The Kier molecular flexibility index (Phi) is 4.76. The summed E-state index contributed by atoms with van der Waals surface area (Å²) in [5.74, 6) is 0.199. The predicted molar refractivity (Wildman–Crippen MR) is 74.0 cm³/mol. The van der Waals surface area contributed by atoms with E-state index in [-0.39, 0.29) is 11.9 Å². The van der Waals surface area contributed by atoms with E-state index in [1.54, 1.807) is 12.1 Å². The Balaban J connectivity index is 2.13. The quantitative estimate of drug-likeness (QED) is 0.915. The number of ether oxygens (including phenoxy) is 1. The van der Waals surface area contributed by atoms with Crippen LogP contribution in [0.1, 0.15) is 31.9 Å². The van der Waals surface area contributed by atoms with Gasteiger partial charge in [0, 0.05) is 29.6 Å². The number of benzene rings is 1. The first-order valence-corrected chi connectivity index (χ1v) is 7.17. The lowest BCUT2D eigenvalue weighted by Crippen LogP contribution is -2.30. The molecule has 0 bridgehead atoms. The number of halogens is 2. The Morgan fingerprint density at radius 3 is 3.00 bits per heavy atom. The van der Waals surface area contributed by atoms with Gasteiger partial charge in [0.15, 0.2) is 0 Å². The molecule has 1 aliphatic rings. The van der Waals surface area contributed by atoms with Crippen LogP contribution in [0.4, 0.5) is 4.39 Å². The Bertz CT molecular complexity index is 411. The zero-order valence-electron chi connectivity index (χ0n) is 10.7. The highest BCUT2D eigenvalue weighted by atomic mass is 79.9. The second kappa shape index (κ2) is 6.13. The molecule has 100 valence electrons. The first-order valence-electron chi connectivity index (χ1n) is 6.38. The largest absolute Gasteiger partial charge is 0.373 e. The highest BCUT2D eigenvalue weighted by Crippen LogP contribution is 2.37. The minimum Gasteiger partial charge on any atom is -0.373 e. The third-order valence-corrected chi connectivity index (χ3v) is 3.99. The van der Waals surface area contributed by atoms with Crippen LogP contribution in [0.3, 0.4) is 0 Å². The molecule has 1 saturated heterocycles. The van der Waals surface area contributed by atoms with E-state index in [0.29, 0.717) is 12.0 Å². The molecule has 1 aliphatic heterocycles. The molecule has 2 rings (SSSR count). The van der Waals surface area contributed by atoms with Crippen LogP contribution in [0, 0.1) is 11.7 Å². The zero-order chi connectivity index (χ0) is 13.1. The van der Waals surface area contributed by atoms with Crippen molar-refractivity contribution in [2.75, 3.05) is 13.2 Å². The highest BCUT2D eigenvalue weighted by molar-refractivity contribution is 9.10. The summed E-state index contributed by atoms with van der Waals surface area (Å²) in [6.45, 7) is 5.91. The van der Waals surface area contributed by atoms with Crippen molar-refractivity contribution in [3.05, 3.63) is 34.1 Å². The summed E-state index contributed by atoms with van der Waals surface area (Å²) < 4.78 is 20.1. The smallest absolute Gasteiger partial charge is 0.123 e. The van der Waals surface area contributed by atoms with E-state index < -0.39 is 0 Å². The van der Waals surface area contributed by atoms with Crippen molar-refractivity contribution in [3.8, 4) is 0 Å². The maximum atomic E-state index is 13.3. The fourth-order valence-corrected chi connectivity index (χ4v) is 2.78. The maximum Gasteiger partial charge on any atom is 0.123 e. The maximum absolute atomic E-state index is 13.3. The Morgan fingerprint density at radius 1 is 1.50 bits per heavy atom. The summed E-state index contributed by atoms with van der Waals surface area (Å²) in [4.78, 5) is 0. The van der Waals surface area contributed by atoms with Gasteiger partial charge in [0.25, 0.3) is 0 Å². The molecule has 0 aliphatic carbocycles. The van der Waals surface area contributed by atoms with Crippen LogP contribution in [0.5, 0.6) is 0 Å². The van der Waals surface area contributed by atoms with Crippen molar-refractivity contribution < 1.29 is 9.13 Å². The molecule has 2 atom stereocenters. The van der Waals surface area contributed by atoms with E-state index >= 15 is 0 Å². The summed E-state index contributed by atoms with van der Waals surface area (Å²) in [5, 5.41) is 3.43. The molecule has 4 heteroatoms. The van der Waals surface area contributed by atoms with Gasteiger partial charge >= 0.3 is 0 Å². The molecule has 2 unspecified atom stereocenters. The number of hydrogen-bond donors (Lipinski definition) is 1. The average Bonchev–Trinajstić information content (AvgIpc) is 2.77. The van der Waals surface area contributed by atoms with Crippen LogP contribution in [-0.4, -0.2) is 19.2 Å². The van der Waals surface area contributed by atoms with Crippen LogP contribution < -0.4 is 5.32 Å². The van der Waals surface area contributed by atoms with Crippen molar-refractivity contribution in [2.24, 2.45) is 5.92 Å². The first kappa shape index (κ1) is 14.0. The van der Waals surface area contributed by atoms with Gasteiger partial charge in [-0.05, 0) is 30.2 Å². The van der Waals surface area contributed by atoms with Gasteiger partial charge in [-0.3, -0.25) is 0 Å². The third kappa shape index (κ3) is 3.31. The predicted octanol–water partition coefficient (Wildman–Crippen LogP) is 3.66. The fourth-order valence-electron chi connectivity index (χ4n) is 2.31. The Hall–Kier alpha value is -0.450. The Morgan fingerprint density at radius 2 is 2.28 bits per heavy atom. The van der Waals surface area contributed by atoms with Crippen LogP contribution in [0.25, 0.3) is 0 Å². The van der Waals surface area contributed by atoms with Gasteiger partial charge in [-0.15, -0.1) is 0 Å². The highest BCUT2D eigenvalue weighted by Gasteiger charge is 2.31. The molecule has 1 fully saturated rings. The van der Waals surface area contributed by atoms with Crippen LogP contribution in [-0.2, 0) is 4.74 Å². The molecule has 0 saturated carbocycles. The van der Waals surface area contributed by atoms with Crippen molar-refractivity contribution in [1.29, 1.82) is 0 Å². The third-order valence-electron chi connectivity index (χ3n) is 3.27. The van der Waals surface area contributed by atoms with Gasteiger partial charge in [0.2, 0.25) is 0 Å². The van der Waals surface area contributed by atoms with Crippen molar-refractivity contribution in [2.45, 2.75) is 32.4 Å². The molecule has 0 radical (unpaired) electrons. The molecule has 1 aromatic rings. The molecule has 0 spiro atoms. The average molecular weight is 316 g/mol. The Labute approximate surface area is 116 Å². The molecule has 0 aromatic heterocycles. The van der Waals surface area contributed by atoms with E-state index in [0.717, 1.165) is 29.6 Å². The second-order valence-electron chi connectivity index (χ2n) is 5.07. The van der Waals surface area contributed by atoms with Gasteiger partial charge in [-0.1, -0.05) is 29.8 Å². The minimum atomic E-state index is -0.209. The molecule has 18 heavy (non-hydrogen) atoms. The lowest BCUT2D eigenvalue weighted by atomic mass is 9.95. The summed E-state index contributed by atoms with van der Waals surface area (Å²) in [6, 6.07) is 5.24. The van der Waals surface area contributed by atoms with E-state index in [1.165, 1.54) is 6.07 Å². The molecular weight excluding hydrogens is 297 g/mol. The summed E-state index contributed by atoms with van der Waals surface area (Å²) in [7, 11) is 0. The second-order valence-corrected chi connectivity index (χ2v) is 5.92. The fraction of sp³-hybridized carbons (Fsp3) is 0.571.